The van der Waals surface area contributed by atoms with E-state index < -0.39 is 18.0 Å². The van der Waals surface area contributed by atoms with Gasteiger partial charge in [-0.3, -0.25) is 0 Å². The Kier molecular flexibility index (Phi) is 4.11. The molecule has 0 saturated heterocycles. The smallest absolute Gasteiger partial charge is 0.453 e. The average molecular weight is 353 g/mol. The second-order valence-electron chi connectivity index (χ2n) is 5.30. The maximum atomic E-state index is 12.9. The second kappa shape index (κ2) is 6.11. The number of halogens is 3. The van der Waals surface area contributed by atoms with E-state index >= 15 is 0 Å². The highest BCUT2D eigenvalue weighted by molar-refractivity contribution is 5.48. The number of ether oxygens (including phenoxy) is 1. The largest absolute Gasteiger partial charge is 0.508 e. The van der Waals surface area contributed by atoms with E-state index in [4.69, 9.17) is 4.74 Å². The molecule has 1 aromatic carbocycles. The molecule has 0 spiro atoms. The molecule has 132 valence electrons. The standard InChI is InChI=1S/C15H14F3N5O2/c1-8(10-7-9(25-2)3-4-11(10)24)19-12-5-6-13-20-21-14(15(16,17)18)23(13)22-12/h3-8,24H,1-2H3,(H,19,22). The van der Waals surface area contributed by atoms with E-state index in [9.17, 15) is 18.3 Å². The molecule has 2 N–H and O–H groups in total. The summed E-state index contributed by atoms with van der Waals surface area (Å²) in [7, 11) is 1.49. The fourth-order valence-electron chi connectivity index (χ4n) is 2.35. The van der Waals surface area contributed by atoms with Gasteiger partial charge in [-0.15, -0.1) is 15.3 Å². The summed E-state index contributed by atoms with van der Waals surface area (Å²) >= 11 is 0. The first-order chi connectivity index (χ1) is 11.8. The number of aromatic nitrogens is 4. The molecule has 0 aliphatic carbocycles. The lowest BCUT2D eigenvalue weighted by Gasteiger charge is -2.17. The molecule has 2 aromatic heterocycles. The van der Waals surface area contributed by atoms with Gasteiger partial charge in [-0.25, -0.2) is 0 Å². The van der Waals surface area contributed by atoms with E-state index in [2.05, 4.69) is 20.6 Å². The van der Waals surface area contributed by atoms with Crippen LogP contribution in [-0.4, -0.2) is 32.0 Å². The third kappa shape index (κ3) is 3.28. The number of nitrogens with one attached hydrogen (secondary N) is 1. The summed E-state index contributed by atoms with van der Waals surface area (Å²) in [6.45, 7) is 1.73. The molecule has 0 radical (unpaired) electrons. The van der Waals surface area contributed by atoms with E-state index in [0.29, 0.717) is 15.8 Å². The van der Waals surface area contributed by atoms with Gasteiger partial charge in [-0.05, 0) is 37.3 Å². The second-order valence-corrected chi connectivity index (χ2v) is 5.30. The maximum absolute atomic E-state index is 12.9. The van der Waals surface area contributed by atoms with Gasteiger partial charge < -0.3 is 15.2 Å². The van der Waals surface area contributed by atoms with Crippen molar-refractivity contribution in [3.05, 3.63) is 41.7 Å². The molecule has 0 aliphatic rings. The molecular weight excluding hydrogens is 339 g/mol. The number of anilines is 1. The molecule has 0 amide bonds. The van der Waals surface area contributed by atoms with Crippen molar-refractivity contribution in [2.45, 2.75) is 19.1 Å². The quantitative estimate of drug-likeness (QED) is 0.750. The summed E-state index contributed by atoms with van der Waals surface area (Å²) in [6, 6.07) is 7.12. The van der Waals surface area contributed by atoms with E-state index in [-0.39, 0.29) is 17.2 Å². The fraction of sp³-hybridized carbons (Fsp3) is 0.267. The zero-order chi connectivity index (χ0) is 18.2. The Hall–Kier alpha value is -3.04. The third-order valence-electron chi connectivity index (χ3n) is 3.58. The molecule has 0 bridgehead atoms. The number of hydrogen-bond acceptors (Lipinski definition) is 6. The van der Waals surface area contributed by atoms with Crippen molar-refractivity contribution in [1.29, 1.82) is 0 Å². The first-order valence-corrected chi connectivity index (χ1v) is 7.22. The maximum Gasteiger partial charge on any atom is 0.453 e. The van der Waals surface area contributed by atoms with Gasteiger partial charge in [0.2, 0.25) is 0 Å². The van der Waals surface area contributed by atoms with Gasteiger partial charge in [0, 0.05) is 5.56 Å². The number of aromatic hydroxyl groups is 1. The minimum atomic E-state index is -4.66. The first-order valence-electron chi connectivity index (χ1n) is 7.22. The molecule has 1 atom stereocenters. The molecule has 0 fully saturated rings. The Morgan fingerprint density at radius 1 is 1.20 bits per heavy atom. The minimum absolute atomic E-state index is 0.0187. The summed E-state index contributed by atoms with van der Waals surface area (Å²) in [6.07, 6.45) is -4.66. The molecule has 25 heavy (non-hydrogen) atoms. The van der Waals surface area contributed by atoms with Gasteiger partial charge in [0.15, 0.2) is 5.65 Å². The molecule has 10 heteroatoms. The van der Waals surface area contributed by atoms with Crippen molar-refractivity contribution >= 4 is 11.5 Å². The number of phenolic OH excluding ortho intramolecular Hbond substituents is 1. The topological polar surface area (TPSA) is 84.6 Å². The normalized spacial score (nSPS) is 13.0. The van der Waals surface area contributed by atoms with Crippen LogP contribution in [0.3, 0.4) is 0 Å². The molecule has 1 unspecified atom stereocenters. The molecule has 3 aromatic rings. The Balaban J connectivity index is 1.92. The van der Waals surface area contributed by atoms with E-state index in [1.165, 1.54) is 25.3 Å². The van der Waals surface area contributed by atoms with Crippen molar-refractivity contribution < 1.29 is 23.0 Å². The Morgan fingerprint density at radius 3 is 2.64 bits per heavy atom. The summed E-state index contributed by atoms with van der Waals surface area (Å²) < 4.78 is 44.5. The van der Waals surface area contributed by atoms with Gasteiger partial charge >= 0.3 is 6.18 Å². The van der Waals surface area contributed by atoms with Crippen LogP contribution in [0.2, 0.25) is 0 Å². The monoisotopic (exact) mass is 353 g/mol. The van der Waals surface area contributed by atoms with Gasteiger partial charge in [-0.1, -0.05) is 0 Å². The number of rotatable bonds is 4. The van der Waals surface area contributed by atoms with Gasteiger partial charge in [0.25, 0.3) is 5.82 Å². The van der Waals surface area contributed by atoms with Crippen LogP contribution in [0.4, 0.5) is 19.0 Å². The van der Waals surface area contributed by atoms with Crippen molar-refractivity contribution in [2.24, 2.45) is 0 Å². The first kappa shape index (κ1) is 16.8. The Morgan fingerprint density at radius 2 is 1.96 bits per heavy atom. The molecule has 0 saturated carbocycles. The lowest BCUT2D eigenvalue weighted by molar-refractivity contribution is -0.146. The molecular formula is C15H14F3N5O2. The highest BCUT2D eigenvalue weighted by Gasteiger charge is 2.37. The zero-order valence-corrected chi connectivity index (χ0v) is 13.2. The number of fused-ring (bicyclic) bond motifs is 1. The molecule has 7 nitrogen and oxygen atoms in total. The summed E-state index contributed by atoms with van der Waals surface area (Å²) in [5.74, 6) is -0.458. The van der Waals surface area contributed by atoms with E-state index in [0.717, 1.165) is 0 Å². The Bertz CT molecular complexity index is 910. The number of nitrogens with zero attached hydrogens (tertiary/aromatic N) is 4. The lowest BCUT2D eigenvalue weighted by Crippen LogP contribution is -2.14. The van der Waals surface area contributed by atoms with Crippen LogP contribution in [-0.2, 0) is 6.18 Å². The van der Waals surface area contributed by atoms with Crippen LogP contribution >= 0.6 is 0 Å². The lowest BCUT2D eigenvalue weighted by atomic mass is 10.1. The summed E-state index contributed by atoms with van der Waals surface area (Å²) in [5.41, 5.74) is 0.496. The predicted octanol–water partition coefficient (Wildman–Crippen LogP) is 3.03. The minimum Gasteiger partial charge on any atom is -0.508 e. The third-order valence-corrected chi connectivity index (χ3v) is 3.58. The van der Waals surface area contributed by atoms with Gasteiger partial charge in [0.05, 0.1) is 13.2 Å². The Labute approximate surface area is 140 Å². The average Bonchev–Trinajstić information content (AvgIpc) is 2.98. The van der Waals surface area contributed by atoms with Crippen molar-refractivity contribution in [3.8, 4) is 11.5 Å². The predicted molar refractivity (Wildman–Crippen MR) is 82.5 cm³/mol. The zero-order valence-electron chi connectivity index (χ0n) is 13.2. The summed E-state index contributed by atoms with van der Waals surface area (Å²) in [5, 5.41) is 23.4. The molecule has 0 aliphatic heterocycles. The molecule has 3 rings (SSSR count). The number of hydrogen-bond donors (Lipinski definition) is 2. The highest BCUT2D eigenvalue weighted by Crippen LogP contribution is 2.31. The number of methoxy groups -OCH3 is 1. The highest BCUT2D eigenvalue weighted by atomic mass is 19.4. The van der Waals surface area contributed by atoms with Crippen molar-refractivity contribution in [3.63, 3.8) is 0 Å². The number of benzene rings is 1. The summed E-state index contributed by atoms with van der Waals surface area (Å²) in [4.78, 5) is 0. The van der Waals surface area contributed by atoms with Crippen LogP contribution in [0.25, 0.3) is 5.65 Å². The van der Waals surface area contributed by atoms with E-state index in [1.807, 2.05) is 0 Å². The van der Waals surface area contributed by atoms with Crippen LogP contribution in [0.15, 0.2) is 30.3 Å². The SMILES string of the molecule is COc1ccc(O)c(C(C)Nc2ccc3nnc(C(F)(F)F)n3n2)c1. The van der Waals surface area contributed by atoms with Gasteiger partial charge in [0.1, 0.15) is 17.3 Å². The van der Waals surface area contributed by atoms with Crippen LogP contribution in [0.1, 0.15) is 24.4 Å². The number of alkyl halides is 3. The van der Waals surface area contributed by atoms with Crippen molar-refractivity contribution in [1.82, 2.24) is 19.8 Å². The number of phenols is 1. The van der Waals surface area contributed by atoms with Gasteiger partial charge in [-0.2, -0.15) is 17.7 Å². The van der Waals surface area contributed by atoms with Crippen LogP contribution in [0.5, 0.6) is 11.5 Å². The van der Waals surface area contributed by atoms with Crippen LogP contribution < -0.4 is 10.1 Å². The van der Waals surface area contributed by atoms with E-state index in [1.54, 1.807) is 19.1 Å². The molecule has 2 heterocycles. The van der Waals surface area contributed by atoms with Crippen molar-refractivity contribution in [2.75, 3.05) is 12.4 Å². The fourth-order valence-corrected chi connectivity index (χ4v) is 2.35. The van der Waals surface area contributed by atoms with Crippen LogP contribution in [0, 0.1) is 0 Å².